The number of nitrogens with zero attached hydrogens (tertiary/aromatic N) is 1. The van der Waals surface area contributed by atoms with Crippen molar-refractivity contribution in [2.45, 2.75) is 84.5 Å². The van der Waals surface area contributed by atoms with E-state index in [0.717, 1.165) is 0 Å². The second kappa shape index (κ2) is 16.7. The number of nitrogen functional groups attached to an aromatic ring is 1. The average Bonchev–Trinajstić information content (AvgIpc) is 3.34. The first-order valence-corrected chi connectivity index (χ1v) is 16.1. The van der Waals surface area contributed by atoms with Crippen LogP contribution in [-0.4, -0.2) is 58.1 Å². The van der Waals surface area contributed by atoms with Crippen LogP contribution in [0.1, 0.15) is 87.2 Å². The van der Waals surface area contributed by atoms with Crippen LogP contribution in [0.2, 0.25) is 0 Å². The topological polar surface area (TPSA) is 183 Å². The fraction of sp³-hybridized carbons (Fsp3) is 0.417. The van der Waals surface area contributed by atoms with Gasteiger partial charge in [-0.2, -0.15) is 0 Å². The second-order valence-corrected chi connectivity index (χ2v) is 13.7. The molecule has 0 aliphatic heterocycles. The lowest BCUT2D eigenvalue weighted by atomic mass is 10.1. The van der Waals surface area contributed by atoms with E-state index in [9.17, 15) is 24.0 Å². The van der Waals surface area contributed by atoms with Crippen LogP contribution in [0.4, 0.5) is 21.9 Å². The molecule has 6 N–H and O–H groups in total. The minimum Gasteiger partial charge on any atom is -0.458 e. The van der Waals surface area contributed by atoms with Crippen LogP contribution in [0.25, 0.3) is 0 Å². The zero-order valence-electron chi connectivity index (χ0n) is 29.3. The number of rotatable bonds is 13. The highest BCUT2D eigenvalue weighted by Crippen LogP contribution is 2.19. The molecule has 3 aromatic rings. The van der Waals surface area contributed by atoms with Gasteiger partial charge in [0.15, 0.2) is 0 Å². The third kappa shape index (κ3) is 13.4. The molecule has 0 aliphatic rings. The summed E-state index contributed by atoms with van der Waals surface area (Å²) < 4.78 is 12.4. The molecular weight excluding hydrogens is 628 g/mol. The third-order valence-corrected chi connectivity index (χ3v) is 6.83. The van der Waals surface area contributed by atoms with Gasteiger partial charge < -0.3 is 41.0 Å². The largest absolute Gasteiger partial charge is 0.458 e. The van der Waals surface area contributed by atoms with Gasteiger partial charge in [0.2, 0.25) is 5.91 Å². The van der Waals surface area contributed by atoms with Gasteiger partial charge in [-0.25, -0.2) is 9.59 Å². The smallest absolute Gasteiger partial charge is 0.407 e. The summed E-state index contributed by atoms with van der Waals surface area (Å²) in [5.74, 6) is -1.69. The summed E-state index contributed by atoms with van der Waals surface area (Å²) in [5.41, 5.74) is 7.14. The van der Waals surface area contributed by atoms with Gasteiger partial charge in [-0.1, -0.05) is 12.1 Å². The Bertz CT molecular complexity index is 1630. The second-order valence-electron chi connectivity index (χ2n) is 13.7. The number of alkyl carbamates (subject to hydrolysis) is 1. The maximum atomic E-state index is 13.1. The van der Waals surface area contributed by atoms with Crippen LogP contribution < -0.4 is 27.0 Å². The predicted molar refractivity (Wildman–Crippen MR) is 188 cm³/mol. The quantitative estimate of drug-likeness (QED) is 0.0933. The lowest BCUT2D eigenvalue weighted by Gasteiger charge is -2.25. The molecule has 0 fully saturated rings. The maximum Gasteiger partial charge on any atom is 0.407 e. The number of hydrogen-bond donors (Lipinski definition) is 5. The van der Waals surface area contributed by atoms with Crippen LogP contribution in [0.5, 0.6) is 0 Å². The van der Waals surface area contributed by atoms with E-state index in [2.05, 4.69) is 21.3 Å². The van der Waals surface area contributed by atoms with Crippen LogP contribution in [0.3, 0.4) is 0 Å². The fourth-order valence-electron chi connectivity index (χ4n) is 4.68. The van der Waals surface area contributed by atoms with Gasteiger partial charge in [0.1, 0.15) is 22.9 Å². The Hall–Kier alpha value is -5.33. The van der Waals surface area contributed by atoms with Crippen molar-refractivity contribution in [1.29, 1.82) is 0 Å². The number of anilines is 3. The number of carbonyl (C=O) groups is 5. The summed E-state index contributed by atoms with van der Waals surface area (Å²) in [6, 6.07) is 14.0. The normalized spacial score (nSPS) is 12.0. The molecule has 1 aromatic heterocycles. The van der Waals surface area contributed by atoms with E-state index in [4.69, 9.17) is 15.2 Å². The Morgan fingerprint density at radius 3 is 2.12 bits per heavy atom. The van der Waals surface area contributed by atoms with E-state index >= 15 is 0 Å². The number of amides is 4. The number of unbranched alkanes of at least 4 members (excludes halogenated alkanes) is 1. The third-order valence-electron chi connectivity index (χ3n) is 6.83. The highest BCUT2D eigenvalue weighted by Gasteiger charge is 2.26. The molecule has 0 saturated carbocycles. The van der Waals surface area contributed by atoms with Gasteiger partial charge in [-0.05, 0) is 109 Å². The SMILES string of the molecule is Cn1cc(NC(=O)c2ccc(N)cc2)cc1C(=O)Nc1cccc(CC(=O)NC(CCCCNC(=O)OC(C)(C)C)C(=O)OC(C)(C)C)c1. The van der Waals surface area contributed by atoms with E-state index in [0.29, 0.717) is 59.7 Å². The molecule has 0 saturated heterocycles. The molecule has 49 heavy (non-hydrogen) atoms. The minimum atomic E-state index is -0.886. The number of nitrogens with two attached hydrogens (primary N) is 1. The van der Waals surface area contributed by atoms with Gasteiger partial charge in [0.05, 0.1) is 12.1 Å². The van der Waals surface area contributed by atoms with E-state index in [1.807, 2.05) is 0 Å². The first-order valence-electron chi connectivity index (χ1n) is 16.1. The van der Waals surface area contributed by atoms with Gasteiger partial charge in [0, 0.05) is 36.7 Å². The number of benzene rings is 2. The summed E-state index contributed by atoms with van der Waals surface area (Å²) in [6.07, 6.45) is 2.47. The van der Waals surface area contributed by atoms with Gasteiger partial charge in [0.25, 0.3) is 11.8 Å². The van der Waals surface area contributed by atoms with Crippen LogP contribution >= 0.6 is 0 Å². The van der Waals surface area contributed by atoms with Crippen molar-refractivity contribution in [2.24, 2.45) is 7.05 Å². The first-order chi connectivity index (χ1) is 22.9. The zero-order valence-corrected chi connectivity index (χ0v) is 29.3. The lowest BCUT2D eigenvalue weighted by Crippen LogP contribution is -2.44. The minimum absolute atomic E-state index is 0.0469. The van der Waals surface area contributed by atoms with Crippen molar-refractivity contribution in [3.63, 3.8) is 0 Å². The number of hydrogen-bond acceptors (Lipinski definition) is 8. The maximum absolute atomic E-state index is 13.1. The van der Waals surface area contributed by atoms with Crippen molar-refractivity contribution < 1.29 is 33.4 Å². The summed E-state index contributed by atoms with van der Waals surface area (Å²) in [6.45, 7) is 10.9. The highest BCUT2D eigenvalue weighted by atomic mass is 16.6. The highest BCUT2D eigenvalue weighted by molar-refractivity contribution is 6.07. The monoisotopic (exact) mass is 676 g/mol. The molecule has 1 unspecified atom stereocenters. The first kappa shape index (κ1) is 38.1. The lowest BCUT2D eigenvalue weighted by molar-refractivity contribution is -0.158. The molecule has 0 bridgehead atoms. The zero-order chi connectivity index (χ0) is 36.4. The molecule has 264 valence electrons. The van der Waals surface area contributed by atoms with Crippen molar-refractivity contribution in [3.8, 4) is 0 Å². The fourth-order valence-corrected chi connectivity index (χ4v) is 4.68. The van der Waals surface area contributed by atoms with Crippen molar-refractivity contribution in [3.05, 3.63) is 77.6 Å². The molecule has 3 rings (SSSR count). The van der Waals surface area contributed by atoms with Crippen LogP contribution in [0, 0.1) is 0 Å². The molecule has 0 spiro atoms. The molecule has 0 aliphatic carbocycles. The van der Waals surface area contributed by atoms with Gasteiger partial charge >= 0.3 is 12.1 Å². The van der Waals surface area contributed by atoms with Crippen LogP contribution in [-0.2, 0) is 32.5 Å². The van der Waals surface area contributed by atoms with Crippen LogP contribution in [0.15, 0.2) is 60.8 Å². The predicted octanol–water partition coefficient (Wildman–Crippen LogP) is 5.18. The van der Waals surface area contributed by atoms with E-state index in [-0.39, 0.29) is 12.3 Å². The molecule has 4 amide bonds. The number of esters is 1. The molecule has 1 heterocycles. The Morgan fingerprint density at radius 2 is 1.47 bits per heavy atom. The molecule has 13 heteroatoms. The number of aryl methyl sites for hydroxylation is 1. The summed E-state index contributed by atoms with van der Waals surface area (Å²) in [4.78, 5) is 63.7. The van der Waals surface area contributed by atoms with Crippen molar-refractivity contribution in [2.75, 3.05) is 22.9 Å². The van der Waals surface area contributed by atoms with E-state index in [1.54, 1.807) is 114 Å². The molecule has 0 radical (unpaired) electrons. The number of nitrogens with one attached hydrogen (secondary N) is 4. The van der Waals surface area contributed by atoms with Crippen molar-refractivity contribution in [1.82, 2.24) is 15.2 Å². The number of carbonyl (C=O) groups excluding carboxylic acids is 5. The van der Waals surface area contributed by atoms with E-state index in [1.165, 1.54) is 0 Å². The summed E-state index contributed by atoms with van der Waals surface area (Å²) >= 11 is 0. The summed E-state index contributed by atoms with van der Waals surface area (Å²) in [5, 5.41) is 11.1. The Morgan fingerprint density at radius 1 is 0.816 bits per heavy atom. The van der Waals surface area contributed by atoms with Gasteiger partial charge in [-0.15, -0.1) is 0 Å². The molecule has 13 nitrogen and oxygen atoms in total. The Balaban J connectivity index is 1.58. The number of ether oxygens (including phenoxy) is 2. The average molecular weight is 677 g/mol. The Labute approximate surface area is 287 Å². The van der Waals surface area contributed by atoms with E-state index < -0.39 is 41.1 Å². The van der Waals surface area contributed by atoms with Gasteiger partial charge in [-0.3, -0.25) is 14.4 Å². The standard InChI is InChI=1S/C36H48N6O7/c1-35(2,3)48-33(46)28(13-8-9-18-38-34(47)49-36(4,5)6)41-30(43)20-23-11-10-12-26(19-23)39-32(45)29-21-27(22-42(29)7)40-31(44)24-14-16-25(37)17-15-24/h10-12,14-17,19,21-22,28H,8-9,13,18,20,37H2,1-7H3,(H,38,47)(H,39,45)(H,40,44)(H,41,43). The molecular formula is C36H48N6O7. The summed E-state index contributed by atoms with van der Waals surface area (Å²) in [7, 11) is 1.69. The Kier molecular flexibility index (Phi) is 13.0. The molecule has 1 atom stereocenters. The number of aromatic nitrogens is 1. The van der Waals surface area contributed by atoms with Crippen molar-refractivity contribution >= 4 is 46.8 Å². The molecule has 2 aromatic carbocycles.